The van der Waals surface area contributed by atoms with E-state index in [-0.39, 0.29) is 5.91 Å². The smallest absolute Gasteiger partial charge is 0.253 e. The van der Waals surface area contributed by atoms with Crippen molar-refractivity contribution in [2.45, 2.75) is 12.8 Å². The van der Waals surface area contributed by atoms with Crippen LogP contribution >= 0.6 is 0 Å². The van der Waals surface area contributed by atoms with E-state index in [1.807, 2.05) is 35.2 Å². The Bertz CT molecular complexity index is 634. The lowest BCUT2D eigenvalue weighted by Gasteiger charge is -2.32. The van der Waals surface area contributed by atoms with Crippen molar-refractivity contribution in [1.82, 2.24) is 19.8 Å². The van der Waals surface area contributed by atoms with Crippen LogP contribution in [0.4, 0.5) is 0 Å². The summed E-state index contributed by atoms with van der Waals surface area (Å²) in [5.41, 5.74) is 3.04. The van der Waals surface area contributed by atoms with Crippen molar-refractivity contribution >= 4 is 5.91 Å². The third kappa shape index (κ3) is 4.13. The minimum atomic E-state index is 0.139. The van der Waals surface area contributed by atoms with E-state index in [9.17, 15) is 4.79 Å². The lowest BCUT2D eigenvalue weighted by atomic mass is 10.1. The molecule has 0 atom stereocenters. The highest BCUT2D eigenvalue weighted by Crippen LogP contribution is 2.11. The molecule has 1 aliphatic rings. The van der Waals surface area contributed by atoms with Gasteiger partial charge in [-0.05, 0) is 43.7 Å². The molecular weight excluding hydrogens is 288 g/mol. The molecule has 2 aromatic rings. The highest BCUT2D eigenvalue weighted by atomic mass is 16.2. The number of carbonyl (C=O) groups is 1. The van der Waals surface area contributed by atoms with Gasteiger partial charge in [0.15, 0.2) is 0 Å². The Morgan fingerprint density at radius 3 is 2.43 bits per heavy atom. The number of benzene rings is 1. The quantitative estimate of drug-likeness (QED) is 0.861. The average Bonchev–Trinajstić information content (AvgIpc) is 2.61. The molecule has 120 valence electrons. The zero-order valence-corrected chi connectivity index (χ0v) is 13.5. The zero-order chi connectivity index (χ0) is 16.1. The van der Waals surface area contributed by atoms with Crippen LogP contribution < -0.4 is 0 Å². The van der Waals surface area contributed by atoms with E-state index >= 15 is 0 Å². The number of nitrogens with zero attached hydrogens (tertiary/aromatic N) is 4. The lowest BCUT2D eigenvalue weighted by Crippen LogP contribution is -2.47. The highest BCUT2D eigenvalue weighted by Gasteiger charge is 2.20. The average molecular weight is 310 g/mol. The Morgan fingerprint density at radius 1 is 1.04 bits per heavy atom. The van der Waals surface area contributed by atoms with Gasteiger partial charge in [-0.15, -0.1) is 0 Å². The standard InChI is InChI=1S/C18H22N4O/c1-21-10-12-22(13-11-21)18(23)16-5-2-15(3-6-16)4-7-17-8-9-19-14-20-17/h2-3,5-6,8-9,14H,4,7,10-13H2,1H3. The maximum Gasteiger partial charge on any atom is 0.253 e. The molecule has 1 aromatic heterocycles. The summed E-state index contributed by atoms with van der Waals surface area (Å²) in [6.07, 6.45) is 5.14. The minimum absolute atomic E-state index is 0.139. The van der Waals surface area contributed by atoms with E-state index in [0.29, 0.717) is 0 Å². The van der Waals surface area contributed by atoms with E-state index in [4.69, 9.17) is 0 Å². The predicted molar refractivity (Wildman–Crippen MR) is 89.3 cm³/mol. The van der Waals surface area contributed by atoms with Crippen molar-refractivity contribution in [2.24, 2.45) is 0 Å². The molecule has 0 aliphatic carbocycles. The van der Waals surface area contributed by atoms with Crippen LogP contribution in [0, 0.1) is 0 Å². The number of carbonyl (C=O) groups excluding carboxylic acids is 1. The van der Waals surface area contributed by atoms with Crippen LogP contribution in [0.2, 0.25) is 0 Å². The predicted octanol–water partition coefficient (Wildman–Crippen LogP) is 1.65. The molecule has 0 unspecified atom stereocenters. The summed E-state index contributed by atoms with van der Waals surface area (Å²) in [5, 5.41) is 0. The second-order valence-corrected chi connectivity index (χ2v) is 5.99. The lowest BCUT2D eigenvalue weighted by molar-refractivity contribution is 0.0664. The van der Waals surface area contributed by atoms with E-state index in [1.54, 1.807) is 12.5 Å². The molecule has 2 heterocycles. The number of hydrogen-bond acceptors (Lipinski definition) is 4. The monoisotopic (exact) mass is 310 g/mol. The first-order chi connectivity index (χ1) is 11.2. The molecule has 0 spiro atoms. The van der Waals surface area contributed by atoms with E-state index in [2.05, 4.69) is 21.9 Å². The van der Waals surface area contributed by atoms with Crippen molar-refractivity contribution in [3.05, 3.63) is 59.7 Å². The topological polar surface area (TPSA) is 49.3 Å². The highest BCUT2D eigenvalue weighted by molar-refractivity contribution is 5.94. The molecule has 1 saturated heterocycles. The van der Waals surface area contributed by atoms with E-state index in [0.717, 1.165) is 50.3 Å². The SMILES string of the molecule is CN1CCN(C(=O)c2ccc(CCc3ccncn3)cc2)CC1. The summed E-state index contributed by atoms with van der Waals surface area (Å²) in [6.45, 7) is 3.51. The van der Waals surface area contributed by atoms with Gasteiger partial charge in [-0.25, -0.2) is 9.97 Å². The fourth-order valence-corrected chi connectivity index (χ4v) is 2.74. The summed E-state index contributed by atoms with van der Waals surface area (Å²) in [4.78, 5) is 24.8. The van der Waals surface area contributed by atoms with Crippen molar-refractivity contribution in [3.63, 3.8) is 0 Å². The van der Waals surface area contributed by atoms with Crippen LogP contribution in [0.3, 0.4) is 0 Å². The molecule has 5 nitrogen and oxygen atoms in total. The first-order valence-electron chi connectivity index (χ1n) is 8.04. The first kappa shape index (κ1) is 15.6. The van der Waals surface area contributed by atoms with E-state index < -0.39 is 0 Å². The van der Waals surface area contributed by atoms with Crippen molar-refractivity contribution in [3.8, 4) is 0 Å². The summed E-state index contributed by atoms with van der Waals surface area (Å²) in [7, 11) is 2.09. The molecule has 0 bridgehead atoms. The van der Waals surface area contributed by atoms with Gasteiger partial charge in [0.25, 0.3) is 5.91 Å². The summed E-state index contributed by atoms with van der Waals surface area (Å²) >= 11 is 0. The maximum atomic E-state index is 12.5. The Hall–Kier alpha value is -2.27. The Morgan fingerprint density at radius 2 is 1.78 bits per heavy atom. The number of piperazine rings is 1. The summed E-state index contributed by atoms with van der Waals surface area (Å²) < 4.78 is 0. The number of rotatable bonds is 4. The van der Waals surface area contributed by atoms with Gasteiger partial charge in [-0.2, -0.15) is 0 Å². The number of hydrogen-bond donors (Lipinski definition) is 0. The van der Waals surface area contributed by atoms with Gasteiger partial charge in [-0.1, -0.05) is 12.1 Å². The van der Waals surface area contributed by atoms with Crippen molar-refractivity contribution in [2.75, 3.05) is 33.2 Å². The summed E-state index contributed by atoms with van der Waals surface area (Å²) in [6, 6.07) is 9.91. The van der Waals surface area contributed by atoms with Crippen LogP contribution in [0.1, 0.15) is 21.6 Å². The molecule has 3 rings (SSSR count). The zero-order valence-electron chi connectivity index (χ0n) is 13.5. The normalized spacial score (nSPS) is 15.6. The van der Waals surface area contributed by atoms with Crippen LogP contribution in [0.15, 0.2) is 42.9 Å². The van der Waals surface area contributed by atoms with Crippen molar-refractivity contribution in [1.29, 1.82) is 0 Å². The number of amides is 1. The second kappa shape index (κ2) is 7.33. The Balaban J connectivity index is 1.57. The Kier molecular flexibility index (Phi) is 4.98. The van der Waals surface area contributed by atoms with Crippen LogP contribution in [-0.2, 0) is 12.8 Å². The molecule has 5 heteroatoms. The fourth-order valence-electron chi connectivity index (χ4n) is 2.74. The fraction of sp³-hybridized carbons (Fsp3) is 0.389. The second-order valence-electron chi connectivity index (χ2n) is 5.99. The molecule has 0 N–H and O–H groups in total. The number of aromatic nitrogens is 2. The van der Waals surface area contributed by atoms with Gasteiger partial charge < -0.3 is 9.80 Å². The molecule has 1 aliphatic heterocycles. The van der Waals surface area contributed by atoms with Gasteiger partial charge in [0.2, 0.25) is 0 Å². The van der Waals surface area contributed by atoms with Gasteiger partial charge in [-0.3, -0.25) is 4.79 Å². The third-order valence-electron chi connectivity index (χ3n) is 4.30. The van der Waals surface area contributed by atoms with E-state index in [1.165, 1.54) is 5.56 Å². The molecule has 0 saturated carbocycles. The molecule has 1 fully saturated rings. The number of likely N-dealkylation sites (N-methyl/N-ethyl adjacent to an activating group) is 1. The molecular formula is C18H22N4O. The summed E-state index contributed by atoms with van der Waals surface area (Å²) in [5.74, 6) is 0.139. The van der Waals surface area contributed by atoms with Gasteiger partial charge >= 0.3 is 0 Å². The Labute approximate surface area is 137 Å². The first-order valence-corrected chi connectivity index (χ1v) is 8.04. The maximum absolute atomic E-state index is 12.5. The van der Waals surface area contributed by atoms with Gasteiger partial charge in [0, 0.05) is 43.6 Å². The van der Waals surface area contributed by atoms with Crippen molar-refractivity contribution < 1.29 is 4.79 Å². The largest absolute Gasteiger partial charge is 0.336 e. The molecule has 0 radical (unpaired) electrons. The molecule has 1 aromatic carbocycles. The molecule has 1 amide bonds. The molecule has 23 heavy (non-hydrogen) atoms. The minimum Gasteiger partial charge on any atom is -0.336 e. The van der Waals surface area contributed by atoms with Crippen LogP contribution in [-0.4, -0.2) is 58.9 Å². The van der Waals surface area contributed by atoms with Crippen LogP contribution in [0.5, 0.6) is 0 Å². The van der Waals surface area contributed by atoms with Gasteiger partial charge in [0.05, 0.1) is 0 Å². The number of aryl methyl sites for hydroxylation is 2. The van der Waals surface area contributed by atoms with Crippen LogP contribution in [0.25, 0.3) is 0 Å². The third-order valence-corrected chi connectivity index (χ3v) is 4.30. The van der Waals surface area contributed by atoms with Gasteiger partial charge in [0.1, 0.15) is 6.33 Å².